The monoisotopic (exact) mass is 1190 g/mol. The molecule has 0 aromatic rings. The van der Waals surface area contributed by atoms with E-state index in [1.54, 1.807) is 0 Å². The molecule has 0 saturated carbocycles. The molecule has 3 amide bonds. The van der Waals surface area contributed by atoms with Crippen LogP contribution in [0.4, 0.5) is 4.39 Å². The molecule has 500 valence electrons. The minimum Gasteiger partial charge on any atom is -0.351 e. The number of nitrogens with one attached hydrogen (secondary N) is 1. The highest BCUT2D eigenvalue weighted by Gasteiger charge is 2.23. The third-order valence-corrected chi connectivity index (χ3v) is 18.7. The highest BCUT2D eigenvalue weighted by molar-refractivity contribution is 5.80. The second-order valence-corrected chi connectivity index (χ2v) is 27.1. The van der Waals surface area contributed by atoms with Gasteiger partial charge in [-0.25, -0.2) is 4.39 Å². The lowest BCUT2D eigenvalue weighted by Gasteiger charge is -2.25. The molecule has 2 atom stereocenters. The molecule has 0 bridgehead atoms. The lowest BCUT2D eigenvalue weighted by molar-refractivity contribution is -0.132. The van der Waals surface area contributed by atoms with Crippen LogP contribution in [0.3, 0.4) is 0 Å². The van der Waals surface area contributed by atoms with E-state index in [-0.39, 0.29) is 12.5 Å². The van der Waals surface area contributed by atoms with Crippen molar-refractivity contribution in [2.75, 3.05) is 40.3 Å². The van der Waals surface area contributed by atoms with Gasteiger partial charge in [-0.1, -0.05) is 330 Å². The van der Waals surface area contributed by atoms with Crippen molar-refractivity contribution < 1.29 is 18.8 Å². The summed E-state index contributed by atoms with van der Waals surface area (Å²) in [6.07, 6.45) is 68.6. The fraction of sp³-hybridized carbons (Fsp3) is 0.961. The summed E-state index contributed by atoms with van der Waals surface area (Å²) in [6, 6.07) is 0.314. The first kappa shape index (κ1) is 82.3. The van der Waals surface area contributed by atoms with Gasteiger partial charge >= 0.3 is 0 Å². The summed E-state index contributed by atoms with van der Waals surface area (Å²) in [5, 5.41) is 3.23. The zero-order valence-electron chi connectivity index (χ0n) is 58.2. The molecule has 0 rings (SSSR count). The molecule has 0 heterocycles. The predicted molar refractivity (Wildman–Crippen MR) is 368 cm³/mol. The van der Waals surface area contributed by atoms with Crippen LogP contribution in [0.15, 0.2) is 0 Å². The molecule has 0 radical (unpaired) electrons. The molecule has 8 heteroatoms. The summed E-state index contributed by atoms with van der Waals surface area (Å²) in [5.74, 6) is 0.339. The Kier molecular flexibility index (Phi) is 64.4. The fourth-order valence-electron chi connectivity index (χ4n) is 12.8. The van der Waals surface area contributed by atoms with Crippen LogP contribution in [-0.2, 0) is 14.4 Å². The summed E-state index contributed by atoms with van der Waals surface area (Å²) >= 11 is 0. The molecule has 0 saturated heterocycles. The Hall–Kier alpha value is -1.70. The van der Waals surface area contributed by atoms with Crippen molar-refractivity contribution >= 4 is 17.7 Å². The average Bonchev–Trinajstić information content (AvgIpc) is 3.51. The molecular formula is C76H151FN4O3. The van der Waals surface area contributed by atoms with Gasteiger partial charge < -0.3 is 20.0 Å². The second kappa shape index (κ2) is 65.7. The van der Waals surface area contributed by atoms with E-state index in [1.807, 2.05) is 0 Å². The van der Waals surface area contributed by atoms with Crippen molar-refractivity contribution in [2.45, 2.75) is 432 Å². The van der Waals surface area contributed by atoms with E-state index < -0.39 is 12.1 Å². The molecule has 1 N–H and O–H groups in total. The Bertz CT molecular complexity index is 1250. The van der Waals surface area contributed by atoms with Crippen molar-refractivity contribution in [1.29, 1.82) is 0 Å². The van der Waals surface area contributed by atoms with E-state index in [4.69, 9.17) is 0 Å². The van der Waals surface area contributed by atoms with Crippen molar-refractivity contribution in [3.63, 3.8) is 0 Å². The Morgan fingerprint density at radius 1 is 0.298 bits per heavy atom. The Morgan fingerprint density at radius 2 is 0.536 bits per heavy atom. The summed E-state index contributed by atoms with van der Waals surface area (Å²) in [4.78, 5) is 47.4. The summed E-state index contributed by atoms with van der Waals surface area (Å²) in [5.41, 5.74) is 0. The Morgan fingerprint density at radius 3 is 0.810 bits per heavy atom. The van der Waals surface area contributed by atoms with Gasteiger partial charge in [-0.3, -0.25) is 14.4 Å². The number of nitrogens with zero attached hydrogens (tertiary/aromatic N) is 3. The SMILES string of the molecule is CCCCCCCCCCC(CCC(F)C(=O)NC(CCCCCCCCC(=O)N(CCCCCCCCCC)CCCCCCCCCC)CCCCCCCCC(=O)N(CCCCCCCCCC)CCCCCCCCCC)N(C)C. The van der Waals surface area contributed by atoms with Gasteiger partial charge in [-0.05, 0) is 84.7 Å². The van der Waals surface area contributed by atoms with Gasteiger partial charge in [0.2, 0.25) is 11.8 Å². The quantitative estimate of drug-likeness (QED) is 0.0616. The molecule has 0 aliphatic heterocycles. The number of hydrogen-bond donors (Lipinski definition) is 1. The largest absolute Gasteiger partial charge is 0.351 e. The van der Waals surface area contributed by atoms with Gasteiger partial charge in [0, 0.05) is 51.1 Å². The van der Waals surface area contributed by atoms with Crippen molar-refractivity contribution in [2.24, 2.45) is 0 Å². The number of halogens is 1. The lowest BCUT2D eigenvalue weighted by Crippen LogP contribution is -2.40. The summed E-state index contributed by atoms with van der Waals surface area (Å²) in [6.45, 7) is 15.1. The molecule has 7 nitrogen and oxygen atoms in total. The van der Waals surface area contributed by atoms with Crippen LogP contribution in [0.1, 0.15) is 413 Å². The van der Waals surface area contributed by atoms with Crippen LogP contribution >= 0.6 is 0 Å². The summed E-state index contributed by atoms with van der Waals surface area (Å²) < 4.78 is 15.8. The second-order valence-electron chi connectivity index (χ2n) is 27.1. The van der Waals surface area contributed by atoms with E-state index in [2.05, 4.69) is 68.7 Å². The van der Waals surface area contributed by atoms with Crippen molar-refractivity contribution in [3.8, 4) is 0 Å². The first-order valence-electron chi connectivity index (χ1n) is 38.3. The number of carbonyl (C=O) groups excluding carboxylic acids is 3. The van der Waals surface area contributed by atoms with E-state index in [0.717, 1.165) is 148 Å². The molecule has 0 spiro atoms. The fourth-order valence-corrected chi connectivity index (χ4v) is 12.8. The van der Waals surface area contributed by atoms with Crippen LogP contribution in [0.5, 0.6) is 0 Å². The highest BCUT2D eigenvalue weighted by atomic mass is 19.1. The van der Waals surface area contributed by atoms with E-state index in [0.29, 0.717) is 37.1 Å². The van der Waals surface area contributed by atoms with Crippen LogP contribution in [0.25, 0.3) is 0 Å². The van der Waals surface area contributed by atoms with Gasteiger partial charge in [-0.2, -0.15) is 0 Å². The van der Waals surface area contributed by atoms with E-state index in [1.165, 1.54) is 231 Å². The smallest absolute Gasteiger partial charge is 0.254 e. The van der Waals surface area contributed by atoms with Crippen LogP contribution in [0, 0.1) is 0 Å². The highest BCUT2D eigenvalue weighted by Crippen LogP contribution is 2.21. The van der Waals surface area contributed by atoms with Crippen molar-refractivity contribution in [1.82, 2.24) is 20.0 Å². The maximum absolute atomic E-state index is 15.8. The topological polar surface area (TPSA) is 73.0 Å². The minimum absolute atomic E-state index is 0.00848. The Labute approximate surface area is 526 Å². The normalized spacial score (nSPS) is 12.5. The average molecular weight is 1190 g/mol. The number of alkyl halides is 1. The van der Waals surface area contributed by atoms with E-state index in [9.17, 15) is 14.4 Å². The maximum atomic E-state index is 15.8. The Balaban J connectivity index is 5.24. The zero-order valence-corrected chi connectivity index (χ0v) is 58.2. The third-order valence-electron chi connectivity index (χ3n) is 18.7. The number of amides is 3. The van der Waals surface area contributed by atoms with Crippen LogP contribution < -0.4 is 5.32 Å². The first-order chi connectivity index (χ1) is 41.1. The lowest BCUT2D eigenvalue weighted by atomic mass is 9.98. The number of carbonyl (C=O) groups is 3. The molecule has 2 unspecified atom stereocenters. The summed E-state index contributed by atoms with van der Waals surface area (Å²) in [7, 11) is 4.21. The van der Waals surface area contributed by atoms with Crippen LogP contribution in [0.2, 0.25) is 0 Å². The van der Waals surface area contributed by atoms with Crippen LogP contribution in [-0.4, -0.2) is 91.0 Å². The third kappa shape index (κ3) is 55.6. The molecule has 0 aromatic heterocycles. The number of unbranched alkanes of at least 4 members (excludes halogenated alkanes) is 45. The molecule has 0 aliphatic carbocycles. The molecule has 0 aromatic carbocycles. The minimum atomic E-state index is -1.47. The molecule has 0 fully saturated rings. The van der Waals surface area contributed by atoms with Gasteiger partial charge in [0.1, 0.15) is 0 Å². The van der Waals surface area contributed by atoms with E-state index >= 15 is 4.39 Å². The maximum Gasteiger partial charge on any atom is 0.254 e. The van der Waals surface area contributed by atoms with Crippen molar-refractivity contribution in [3.05, 3.63) is 0 Å². The zero-order chi connectivity index (χ0) is 61.5. The molecular weight excluding hydrogens is 1040 g/mol. The first-order valence-corrected chi connectivity index (χ1v) is 38.3. The van der Waals surface area contributed by atoms with Gasteiger partial charge in [0.25, 0.3) is 5.91 Å². The predicted octanol–water partition coefficient (Wildman–Crippen LogP) is 23.5. The number of hydrogen-bond acceptors (Lipinski definition) is 4. The standard InChI is InChI=1S/C76H151FN4O3/c1-8-13-18-23-28-33-44-53-62-72(79(6)7)65-66-73(77)76(84)78-71(60-51-42-34-36-45-54-63-74(82)80(67-56-47-38-29-24-19-14-9-2)68-57-48-39-30-25-20-15-10-3)61-52-43-35-37-46-55-64-75(83)81(69-58-49-40-31-26-21-16-11-4)70-59-50-41-32-27-22-17-12-5/h71-73H,8-70H2,1-7H3,(H,78,84). The van der Waals surface area contributed by atoms with Gasteiger partial charge in [0.05, 0.1) is 0 Å². The van der Waals surface area contributed by atoms with Gasteiger partial charge in [-0.15, -0.1) is 0 Å². The number of rotatable bonds is 69. The van der Waals surface area contributed by atoms with Gasteiger partial charge in [0.15, 0.2) is 6.17 Å². The molecule has 0 aliphatic rings. The molecule has 84 heavy (non-hydrogen) atoms.